The van der Waals surface area contributed by atoms with E-state index < -0.39 is 5.97 Å². The number of hydrogen-bond acceptors (Lipinski definition) is 4. The topological polar surface area (TPSA) is 85.3 Å². The van der Waals surface area contributed by atoms with Crippen molar-refractivity contribution in [3.63, 3.8) is 0 Å². The van der Waals surface area contributed by atoms with E-state index in [1.807, 2.05) is 17.5 Å². The van der Waals surface area contributed by atoms with Crippen LogP contribution in [0, 0.1) is 0 Å². The Kier molecular flexibility index (Phi) is 3.64. The lowest BCUT2D eigenvalue weighted by molar-refractivity contribution is 0.0689. The number of rotatable bonds is 5. The highest BCUT2D eigenvalue weighted by molar-refractivity contribution is 9.10. The van der Waals surface area contributed by atoms with Gasteiger partial charge in [0.1, 0.15) is 0 Å². The number of nitrogens with zero attached hydrogens (tertiary/aromatic N) is 5. The molecule has 0 bridgehead atoms. The Bertz CT molecular complexity index is 941. The van der Waals surface area contributed by atoms with E-state index in [9.17, 15) is 9.90 Å². The number of carboxylic acids is 1. The highest BCUT2D eigenvalue weighted by Crippen LogP contribution is 2.41. The first kappa shape index (κ1) is 15.3. The van der Waals surface area contributed by atoms with Crippen LogP contribution in [0.2, 0.25) is 0 Å². The predicted octanol–water partition coefficient (Wildman–Crippen LogP) is 2.87. The molecule has 0 aliphatic heterocycles. The maximum absolute atomic E-state index is 11.3. The molecule has 3 aromatic rings. The molecule has 3 heterocycles. The zero-order chi connectivity index (χ0) is 16.8. The molecule has 4 rings (SSSR count). The fourth-order valence-electron chi connectivity index (χ4n) is 2.95. The molecule has 1 aliphatic rings. The van der Waals surface area contributed by atoms with Gasteiger partial charge in [0.05, 0.1) is 15.9 Å². The fourth-order valence-corrected chi connectivity index (χ4v) is 3.51. The average molecular weight is 390 g/mol. The number of hydrogen-bond donors (Lipinski definition) is 1. The molecule has 1 saturated carbocycles. The molecule has 24 heavy (non-hydrogen) atoms. The molecule has 0 radical (unpaired) electrons. The van der Waals surface area contributed by atoms with Crippen molar-refractivity contribution in [1.82, 2.24) is 24.4 Å². The van der Waals surface area contributed by atoms with Gasteiger partial charge in [0.15, 0.2) is 11.3 Å². The van der Waals surface area contributed by atoms with Gasteiger partial charge < -0.3 is 9.51 Å². The molecule has 1 aliphatic carbocycles. The van der Waals surface area contributed by atoms with Crippen molar-refractivity contribution in [1.29, 1.82) is 0 Å². The van der Waals surface area contributed by atoms with Crippen LogP contribution in [0.3, 0.4) is 0 Å². The van der Waals surface area contributed by atoms with Crippen molar-refractivity contribution in [2.45, 2.75) is 38.6 Å². The van der Waals surface area contributed by atoms with Crippen LogP contribution in [-0.2, 0) is 13.0 Å². The summed E-state index contributed by atoms with van der Waals surface area (Å²) in [6.07, 6.45) is 6.92. The van der Waals surface area contributed by atoms with Gasteiger partial charge in [-0.2, -0.15) is 0 Å². The van der Waals surface area contributed by atoms with Crippen LogP contribution in [0.5, 0.6) is 0 Å². The number of aryl methyl sites for hydroxylation is 1. The van der Waals surface area contributed by atoms with E-state index in [1.165, 1.54) is 18.4 Å². The maximum atomic E-state index is 11.3. The Labute approximate surface area is 146 Å². The Hall–Kier alpha value is -2.22. The molecule has 1 N–H and O–H groups in total. The van der Waals surface area contributed by atoms with E-state index in [1.54, 1.807) is 4.68 Å². The van der Waals surface area contributed by atoms with Gasteiger partial charge in [0, 0.05) is 25.4 Å². The first-order valence-electron chi connectivity index (χ1n) is 7.89. The Morgan fingerprint density at radius 2 is 2.21 bits per heavy atom. The molecule has 0 aromatic carbocycles. The maximum Gasteiger partial charge on any atom is 0.358 e. The average Bonchev–Trinajstić information content (AvgIpc) is 3.19. The Balaban J connectivity index is 1.74. The highest BCUT2D eigenvalue weighted by atomic mass is 79.9. The van der Waals surface area contributed by atoms with E-state index >= 15 is 0 Å². The highest BCUT2D eigenvalue weighted by Gasteiger charge is 2.25. The zero-order valence-electron chi connectivity index (χ0n) is 13.1. The largest absolute Gasteiger partial charge is 0.476 e. The van der Waals surface area contributed by atoms with Crippen molar-refractivity contribution in [2.24, 2.45) is 0 Å². The minimum absolute atomic E-state index is 0.00774. The van der Waals surface area contributed by atoms with Crippen LogP contribution < -0.4 is 0 Å². The molecular weight excluding hydrogens is 374 g/mol. The van der Waals surface area contributed by atoms with Crippen LogP contribution in [-0.4, -0.2) is 35.5 Å². The summed E-state index contributed by atoms with van der Waals surface area (Å²) in [6, 6.07) is 2.13. The van der Waals surface area contributed by atoms with Gasteiger partial charge in [-0.3, -0.25) is 0 Å². The third kappa shape index (κ3) is 2.60. The number of aromatic nitrogens is 5. The van der Waals surface area contributed by atoms with Crippen LogP contribution in [0.25, 0.3) is 5.65 Å². The van der Waals surface area contributed by atoms with E-state index in [2.05, 4.69) is 43.5 Å². The number of fused-ring (bicyclic) bond motifs is 1. The number of imidazole rings is 1. The fraction of sp³-hybridized carbons (Fsp3) is 0.375. The smallest absolute Gasteiger partial charge is 0.358 e. The monoisotopic (exact) mass is 389 g/mol. The molecule has 8 heteroatoms. The summed E-state index contributed by atoms with van der Waals surface area (Å²) >= 11 is 3.59. The van der Waals surface area contributed by atoms with E-state index in [4.69, 9.17) is 0 Å². The van der Waals surface area contributed by atoms with Crippen molar-refractivity contribution in [3.8, 4) is 0 Å². The van der Waals surface area contributed by atoms with Gasteiger partial charge in [-0.05, 0) is 53.2 Å². The van der Waals surface area contributed by atoms with Gasteiger partial charge >= 0.3 is 5.97 Å². The van der Waals surface area contributed by atoms with Crippen LogP contribution in [0.1, 0.15) is 53.1 Å². The second-order valence-electron chi connectivity index (χ2n) is 6.04. The molecule has 1 fully saturated rings. The number of aromatic carboxylic acids is 1. The summed E-state index contributed by atoms with van der Waals surface area (Å²) in [5.41, 5.74) is 3.51. The van der Waals surface area contributed by atoms with E-state index in [-0.39, 0.29) is 5.69 Å². The molecule has 7 nitrogen and oxygen atoms in total. The summed E-state index contributed by atoms with van der Waals surface area (Å²) < 4.78 is 4.57. The molecule has 124 valence electrons. The number of carboxylic acid groups (broad SMARTS) is 1. The van der Waals surface area contributed by atoms with Crippen molar-refractivity contribution in [2.75, 3.05) is 0 Å². The first-order chi connectivity index (χ1) is 11.6. The van der Waals surface area contributed by atoms with Crippen LogP contribution in [0.4, 0.5) is 0 Å². The summed E-state index contributed by atoms with van der Waals surface area (Å²) in [7, 11) is 0. The SMILES string of the molecule is CCn1nnc(C(=O)O)c1Cc1cn2cc(C3CC3)cc(Br)c2n1. The van der Waals surface area contributed by atoms with Crippen LogP contribution >= 0.6 is 15.9 Å². The third-order valence-electron chi connectivity index (χ3n) is 4.31. The van der Waals surface area contributed by atoms with E-state index in [0.717, 1.165) is 15.8 Å². The number of pyridine rings is 1. The summed E-state index contributed by atoms with van der Waals surface area (Å²) in [5, 5.41) is 17.0. The normalized spacial score (nSPS) is 14.4. The second-order valence-corrected chi connectivity index (χ2v) is 6.90. The second kappa shape index (κ2) is 5.70. The Morgan fingerprint density at radius 1 is 1.42 bits per heavy atom. The first-order valence-corrected chi connectivity index (χ1v) is 8.68. The van der Waals surface area contributed by atoms with Gasteiger partial charge in [-0.15, -0.1) is 5.10 Å². The van der Waals surface area contributed by atoms with Crippen molar-refractivity contribution >= 4 is 27.5 Å². The number of carbonyl (C=O) groups is 1. The zero-order valence-corrected chi connectivity index (χ0v) is 14.7. The summed E-state index contributed by atoms with van der Waals surface area (Å²) in [6.45, 7) is 2.48. The van der Waals surface area contributed by atoms with Gasteiger partial charge in [-0.25, -0.2) is 14.5 Å². The lowest BCUT2D eigenvalue weighted by Gasteiger charge is -2.02. The van der Waals surface area contributed by atoms with Gasteiger partial charge in [0.2, 0.25) is 0 Å². The van der Waals surface area contributed by atoms with Gasteiger partial charge in [0.25, 0.3) is 0 Å². The minimum Gasteiger partial charge on any atom is -0.476 e. The molecule has 0 saturated heterocycles. The third-order valence-corrected chi connectivity index (χ3v) is 4.90. The summed E-state index contributed by atoms with van der Waals surface area (Å²) in [4.78, 5) is 16.0. The van der Waals surface area contributed by atoms with Gasteiger partial charge in [-0.1, -0.05) is 5.21 Å². The molecular formula is C16H16BrN5O2. The quantitative estimate of drug-likeness (QED) is 0.724. The van der Waals surface area contributed by atoms with Crippen LogP contribution in [0.15, 0.2) is 22.9 Å². The van der Waals surface area contributed by atoms with Crippen molar-refractivity contribution < 1.29 is 9.90 Å². The Morgan fingerprint density at radius 3 is 2.88 bits per heavy atom. The molecule has 0 unspecified atom stereocenters. The molecule has 0 atom stereocenters. The lowest BCUT2D eigenvalue weighted by Crippen LogP contribution is -2.08. The predicted molar refractivity (Wildman–Crippen MR) is 90.3 cm³/mol. The molecule has 3 aromatic heterocycles. The minimum atomic E-state index is -1.06. The van der Waals surface area contributed by atoms with E-state index in [0.29, 0.717) is 24.6 Å². The molecule has 0 amide bonds. The lowest BCUT2D eigenvalue weighted by atomic mass is 10.2. The number of halogens is 1. The summed E-state index contributed by atoms with van der Waals surface area (Å²) in [5.74, 6) is -0.411. The molecule has 0 spiro atoms. The standard InChI is InChI=1S/C16H16BrN5O2/c1-2-22-13(14(16(23)24)19-20-22)6-11-8-21-7-10(9-3-4-9)5-12(17)15(21)18-11/h5,7-9H,2-4,6H2,1H3,(H,23,24). The van der Waals surface area contributed by atoms with Crippen molar-refractivity contribution in [3.05, 3.63) is 45.6 Å².